The summed E-state index contributed by atoms with van der Waals surface area (Å²) in [6.07, 6.45) is -1.57. The Morgan fingerprint density at radius 1 is 0.889 bits per heavy atom. The summed E-state index contributed by atoms with van der Waals surface area (Å²) in [5.74, 6) is -0.573. The number of carbonyl (C=O) groups excluding carboxylic acids is 2. The number of amides is 1. The van der Waals surface area contributed by atoms with Crippen LogP contribution in [0.2, 0.25) is 18.1 Å². The van der Waals surface area contributed by atoms with E-state index in [1.807, 2.05) is 52.5 Å². The summed E-state index contributed by atoms with van der Waals surface area (Å²) >= 11 is 0. The molecule has 1 amide bonds. The number of alkyl halides is 3. The minimum Gasteiger partial charge on any atom is -0.460 e. The molecule has 1 saturated heterocycles. The molecule has 1 aromatic carbocycles. The summed E-state index contributed by atoms with van der Waals surface area (Å²) in [6, 6.07) is 3.42. The average Bonchev–Trinajstić information content (AvgIpc) is 2.88. The van der Waals surface area contributed by atoms with E-state index >= 15 is 0 Å². The molecule has 3 rings (SSSR count). The fourth-order valence-corrected chi connectivity index (χ4v) is 6.24. The van der Waals surface area contributed by atoms with Crippen molar-refractivity contribution in [3.63, 3.8) is 0 Å². The van der Waals surface area contributed by atoms with E-state index in [2.05, 4.69) is 33.9 Å². The van der Waals surface area contributed by atoms with Crippen molar-refractivity contribution < 1.29 is 36.7 Å². The Kier molecular flexibility index (Phi) is 10.9. The molecule has 0 saturated carbocycles. The number of ether oxygens (including phenoxy) is 2. The molecule has 0 radical (unpaired) electrons. The van der Waals surface area contributed by atoms with Crippen LogP contribution in [-0.4, -0.2) is 68.8 Å². The van der Waals surface area contributed by atoms with Crippen molar-refractivity contribution in [1.82, 2.24) is 4.90 Å². The number of piperidine rings is 1. The van der Waals surface area contributed by atoms with Crippen LogP contribution in [0.25, 0.3) is 5.57 Å². The van der Waals surface area contributed by atoms with Gasteiger partial charge >= 0.3 is 18.2 Å². The van der Waals surface area contributed by atoms with Crippen LogP contribution < -0.4 is 4.90 Å². The van der Waals surface area contributed by atoms with Crippen LogP contribution in [0, 0.1) is 5.92 Å². The van der Waals surface area contributed by atoms with Crippen molar-refractivity contribution in [2.24, 2.45) is 5.92 Å². The van der Waals surface area contributed by atoms with Crippen LogP contribution in [0.4, 0.5) is 23.7 Å². The minimum absolute atomic E-state index is 0.0447. The van der Waals surface area contributed by atoms with E-state index in [-0.39, 0.29) is 23.5 Å². The molecule has 0 bridgehead atoms. The number of nitrogens with zero attached hydrogens (tertiary/aromatic N) is 2. The Morgan fingerprint density at radius 2 is 1.47 bits per heavy atom. The molecule has 1 fully saturated rings. The van der Waals surface area contributed by atoms with E-state index in [9.17, 15) is 22.8 Å². The van der Waals surface area contributed by atoms with Crippen molar-refractivity contribution in [2.45, 2.75) is 123 Å². The Hall–Kier alpha value is -2.53. The van der Waals surface area contributed by atoms with Crippen LogP contribution in [0.15, 0.2) is 24.3 Å². The zero-order chi connectivity index (χ0) is 34.2. The molecule has 1 atom stereocenters. The number of benzene rings is 1. The van der Waals surface area contributed by atoms with Crippen molar-refractivity contribution >= 4 is 31.6 Å². The third-order valence-electron chi connectivity index (χ3n) is 8.71. The summed E-state index contributed by atoms with van der Waals surface area (Å²) in [6.45, 7) is 23.1. The topological polar surface area (TPSA) is 68.3 Å². The molecule has 0 aromatic heterocycles. The fraction of sp³-hybridized carbons (Fsp3) is 0.706. The number of halogens is 3. The predicted octanol–water partition coefficient (Wildman–Crippen LogP) is 8.68. The third-order valence-corrected chi connectivity index (χ3v) is 13.2. The standard InChI is InChI=1S/C34H53F3N2O5Si/c1-31(2,3)43-29(40)23-14-17-38(18-15-23)28-21-25(34(35,36)37)12-13-27(28)24-16-19-39(30(41)44-32(4,5)6)26(20-24)22-42-45(10,11)33(7,8)9/h12-13,20-21,23,26H,14-19,22H2,1-11H3/t26-/m0/s1. The van der Waals surface area contributed by atoms with Gasteiger partial charge in [-0.05, 0) is 96.6 Å². The molecule has 254 valence electrons. The number of esters is 1. The van der Waals surface area contributed by atoms with Crippen LogP contribution in [0.3, 0.4) is 0 Å². The van der Waals surface area contributed by atoms with E-state index in [0.29, 0.717) is 50.1 Å². The van der Waals surface area contributed by atoms with Gasteiger partial charge in [0, 0.05) is 30.9 Å². The third kappa shape index (κ3) is 9.98. The number of hydrogen-bond donors (Lipinski definition) is 0. The summed E-state index contributed by atoms with van der Waals surface area (Å²) in [5.41, 5.74) is 0.0244. The second kappa shape index (κ2) is 13.3. The highest BCUT2D eigenvalue weighted by atomic mass is 28.4. The molecular formula is C34H53F3N2O5Si. The normalized spacial score (nSPS) is 19.3. The van der Waals surface area contributed by atoms with Gasteiger partial charge in [0.1, 0.15) is 11.2 Å². The van der Waals surface area contributed by atoms with E-state index in [4.69, 9.17) is 13.9 Å². The van der Waals surface area contributed by atoms with Crippen molar-refractivity contribution in [3.8, 4) is 0 Å². The molecular weight excluding hydrogens is 601 g/mol. The smallest absolute Gasteiger partial charge is 0.416 e. The zero-order valence-electron chi connectivity index (χ0n) is 29.0. The lowest BCUT2D eigenvalue weighted by molar-refractivity contribution is -0.160. The highest BCUT2D eigenvalue weighted by molar-refractivity contribution is 6.74. The van der Waals surface area contributed by atoms with Crippen molar-refractivity contribution in [1.29, 1.82) is 0 Å². The quantitative estimate of drug-likeness (QED) is 0.226. The molecule has 2 aliphatic heterocycles. The highest BCUT2D eigenvalue weighted by Crippen LogP contribution is 2.41. The summed E-state index contributed by atoms with van der Waals surface area (Å²) in [5, 5.41) is -0.0447. The van der Waals surface area contributed by atoms with Gasteiger partial charge in [0.05, 0.1) is 24.1 Å². The van der Waals surface area contributed by atoms with Gasteiger partial charge in [-0.15, -0.1) is 0 Å². The van der Waals surface area contributed by atoms with Crippen molar-refractivity contribution in [2.75, 3.05) is 31.1 Å². The number of carbonyl (C=O) groups is 2. The molecule has 2 heterocycles. The summed E-state index contributed by atoms with van der Waals surface area (Å²) < 4.78 is 59.6. The molecule has 11 heteroatoms. The summed E-state index contributed by atoms with van der Waals surface area (Å²) in [7, 11) is -2.18. The second-order valence-corrected chi connectivity index (χ2v) is 20.6. The average molecular weight is 655 g/mol. The van der Waals surface area contributed by atoms with E-state index in [1.165, 1.54) is 6.07 Å². The fourth-order valence-electron chi connectivity index (χ4n) is 5.21. The molecule has 0 spiro atoms. The molecule has 1 aromatic rings. The molecule has 7 nitrogen and oxygen atoms in total. The van der Waals surface area contributed by atoms with Gasteiger partial charge in [0.2, 0.25) is 0 Å². The SMILES string of the molecule is CC(C)(C)OC(=O)C1CCN(c2cc(C(F)(F)F)ccc2C2=C[C@@H](CO[Si](C)(C)C(C)(C)C)N(C(=O)OC(C)(C)C)CC2)CC1. The Bertz CT molecular complexity index is 1250. The van der Waals surface area contributed by atoms with E-state index in [1.54, 1.807) is 11.0 Å². The van der Waals surface area contributed by atoms with Gasteiger partial charge in [-0.25, -0.2) is 4.79 Å². The Labute approximate surface area is 268 Å². The van der Waals surface area contributed by atoms with Gasteiger partial charge in [-0.2, -0.15) is 13.2 Å². The number of anilines is 1. The first-order valence-corrected chi connectivity index (χ1v) is 18.8. The molecule has 0 N–H and O–H groups in total. The largest absolute Gasteiger partial charge is 0.460 e. The van der Waals surface area contributed by atoms with Crippen molar-refractivity contribution in [3.05, 3.63) is 35.4 Å². The lowest BCUT2D eigenvalue weighted by Crippen LogP contribution is -2.50. The maximum Gasteiger partial charge on any atom is 0.416 e. The first-order chi connectivity index (χ1) is 20.4. The zero-order valence-corrected chi connectivity index (χ0v) is 30.0. The first-order valence-electron chi connectivity index (χ1n) is 15.9. The van der Waals surface area contributed by atoms with E-state index in [0.717, 1.165) is 11.6 Å². The monoisotopic (exact) mass is 654 g/mol. The first kappa shape index (κ1) is 36.9. The highest BCUT2D eigenvalue weighted by Gasteiger charge is 2.40. The predicted molar refractivity (Wildman–Crippen MR) is 175 cm³/mol. The Balaban J connectivity index is 1.98. The van der Waals surface area contributed by atoms with Crippen LogP contribution in [-0.2, 0) is 24.9 Å². The maximum atomic E-state index is 13.9. The second-order valence-electron chi connectivity index (χ2n) is 15.8. The van der Waals surface area contributed by atoms with Gasteiger partial charge in [0.25, 0.3) is 0 Å². The van der Waals surface area contributed by atoms with Gasteiger partial charge in [0.15, 0.2) is 8.32 Å². The van der Waals surface area contributed by atoms with Crippen LogP contribution in [0.5, 0.6) is 0 Å². The lowest BCUT2D eigenvalue weighted by atomic mass is 9.91. The molecule has 0 unspecified atom stereocenters. The molecule has 0 aliphatic carbocycles. The molecule has 45 heavy (non-hydrogen) atoms. The minimum atomic E-state index is -4.50. The Morgan fingerprint density at radius 3 is 1.98 bits per heavy atom. The maximum absolute atomic E-state index is 13.9. The van der Waals surface area contributed by atoms with Crippen LogP contribution >= 0.6 is 0 Å². The number of hydrogen-bond acceptors (Lipinski definition) is 6. The number of rotatable bonds is 6. The van der Waals surface area contributed by atoms with E-state index < -0.39 is 43.4 Å². The van der Waals surface area contributed by atoms with Gasteiger partial charge < -0.3 is 18.8 Å². The molecule has 2 aliphatic rings. The van der Waals surface area contributed by atoms with Crippen LogP contribution in [0.1, 0.15) is 92.7 Å². The van der Waals surface area contributed by atoms with Gasteiger partial charge in [-0.3, -0.25) is 9.69 Å². The van der Waals surface area contributed by atoms with Gasteiger partial charge in [-0.1, -0.05) is 32.9 Å². The summed E-state index contributed by atoms with van der Waals surface area (Å²) in [4.78, 5) is 29.6. The lowest BCUT2D eigenvalue weighted by Gasteiger charge is -2.41.